The number of hydrogen-bond donors (Lipinski definition) is 2. The van der Waals surface area contributed by atoms with Crippen molar-refractivity contribution in [1.29, 1.82) is 0 Å². The molecule has 2 aromatic carbocycles. The smallest absolute Gasteiger partial charge is 0.410 e. The molecule has 9 heteroatoms. The predicted molar refractivity (Wildman–Crippen MR) is 161 cm³/mol. The van der Waals surface area contributed by atoms with Crippen LogP contribution in [-0.4, -0.2) is 60.8 Å². The normalized spacial score (nSPS) is 15.8. The zero-order valence-electron chi connectivity index (χ0n) is 24.3. The third kappa shape index (κ3) is 9.70. The van der Waals surface area contributed by atoms with Crippen molar-refractivity contribution in [2.24, 2.45) is 0 Å². The fraction of sp³-hybridized carbons (Fsp3) is 0.406. The van der Waals surface area contributed by atoms with Crippen LogP contribution in [0, 0.1) is 0 Å². The summed E-state index contributed by atoms with van der Waals surface area (Å²) in [5, 5.41) is 5.89. The van der Waals surface area contributed by atoms with Crippen molar-refractivity contribution in [1.82, 2.24) is 15.5 Å². The summed E-state index contributed by atoms with van der Waals surface area (Å²) in [5.41, 5.74) is 1.91. The first-order chi connectivity index (χ1) is 19.6. The summed E-state index contributed by atoms with van der Waals surface area (Å²) in [5.74, 6) is -0.184. The highest BCUT2D eigenvalue weighted by Crippen LogP contribution is 2.27. The summed E-state index contributed by atoms with van der Waals surface area (Å²) in [6, 6.07) is 16.2. The number of nitrogens with one attached hydrogen (secondary N) is 2. The van der Waals surface area contributed by atoms with Gasteiger partial charge in [0.1, 0.15) is 18.2 Å². The number of amides is 3. The molecule has 9 nitrogen and oxygen atoms in total. The lowest BCUT2D eigenvalue weighted by atomic mass is 10.0. The number of nitrogens with zero attached hydrogens (tertiary/aromatic N) is 2. The maximum Gasteiger partial charge on any atom is 0.410 e. The first-order valence-corrected chi connectivity index (χ1v) is 13.9. The molecule has 3 amide bonds. The van der Waals surface area contributed by atoms with Gasteiger partial charge in [0, 0.05) is 25.3 Å². The Morgan fingerprint density at radius 2 is 1.80 bits per heavy atom. The van der Waals surface area contributed by atoms with Crippen LogP contribution in [-0.2, 0) is 20.9 Å². The van der Waals surface area contributed by atoms with Gasteiger partial charge in [0.15, 0.2) is 0 Å². The Morgan fingerprint density at radius 3 is 2.49 bits per heavy atom. The van der Waals surface area contributed by atoms with E-state index in [1.807, 2.05) is 80.3 Å². The van der Waals surface area contributed by atoms with E-state index < -0.39 is 23.8 Å². The highest BCUT2D eigenvalue weighted by molar-refractivity contribution is 5.86. The average Bonchev–Trinajstić information content (AvgIpc) is 2.95. The average molecular weight is 563 g/mol. The van der Waals surface area contributed by atoms with Gasteiger partial charge in [-0.05, 0) is 56.9 Å². The Labute approximate surface area is 243 Å². The van der Waals surface area contributed by atoms with E-state index in [1.54, 1.807) is 17.1 Å². The molecule has 41 heavy (non-hydrogen) atoms. The molecule has 0 saturated carbocycles. The molecule has 0 aromatic heterocycles. The molecule has 2 N–H and O–H groups in total. The first kappa shape index (κ1) is 31.3. The van der Waals surface area contributed by atoms with E-state index in [0.717, 1.165) is 16.8 Å². The van der Waals surface area contributed by atoms with Gasteiger partial charge >= 0.3 is 12.2 Å². The van der Waals surface area contributed by atoms with E-state index in [2.05, 4.69) is 23.8 Å². The number of rotatable bonds is 11. The molecule has 1 heterocycles. The predicted octanol–water partition coefficient (Wildman–Crippen LogP) is 5.35. The van der Waals surface area contributed by atoms with Crippen molar-refractivity contribution in [3.8, 4) is 0 Å². The molecular weight excluding hydrogens is 520 g/mol. The molecule has 0 bridgehead atoms. The molecule has 1 aliphatic heterocycles. The second-order valence-corrected chi connectivity index (χ2v) is 10.9. The standard InChI is InChI=1S/C32H42N4O5/c1-6-8-18-33-29(37)28-22-35(31(39)41-32(3,4)5)19-20-36(28)26-17-12-16-25(21-26)27(13-7-2)34-30(38)40-23-24-14-10-9-11-15-24/h6-7,9-12,14-17,21,27-28H,1-2,8,13,18-20,22-23H2,3-5H3,(H,33,37)(H,34,38)/t27-,28?/m0/s1. The molecule has 2 atom stereocenters. The number of piperazine rings is 1. The van der Waals surface area contributed by atoms with Gasteiger partial charge in [-0.25, -0.2) is 9.59 Å². The first-order valence-electron chi connectivity index (χ1n) is 13.9. The summed E-state index contributed by atoms with van der Waals surface area (Å²) in [7, 11) is 0. The number of ether oxygens (including phenoxy) is 2. The minimum absolute atomic E-state index is 0.165. The molecule has 1 unspecified atom stereocenters. The van der Waals surface area contributed by atoms with Crippen molar-refractivity contribution >= 4 is 23.8 Å². The van der Waals surface area contributed by atoms with Gasteiger partial charge in [-0.2, -0.15) is 0 Å². The van der Waals surface area contributed by atoms with Crippen LogP contribution in [0.3, 0.4) is 0 Å². The minimum atomic E-state index is -0.639. The van der Waals surface area contributed by atoms with Crippen LogP contribution in [0.4, 0.5) is 15.3 Å². The zero-order valence-corrected chi connectivity index (χ0v) is 24.3. The minimum Gasteiger partial charge on any atom is -0.445 e. The number of benzene rings is 2. The second-order valence-electron chi connectivity index (χ2n) is 10.9. The Bertz CT molecular complexity index is 1190. The Hall–Kier alpha value is -4.27. The van der Waals surface area contributed by atoms with E-state index in [1.165, 1.54) is 0 Å². The van der Waals surface area contributed by atoms with E-state index >= 15 is 0 Å². The summed E-state index contributed by atoms with van der Waals surface area (Å²) < 4.78 is 11.0. The number of anilines is 1. The van der Waals surface area contributed by atoms with E-state index in [4.69, 9.17) is 9.47 Å². The van der Waals surface area contributed by atoms with Crippen LogP contribution in [0.2, 0.25) is 0 Å². The number of carbonyl (C=O) groups is 3. The molecule has 0 aliphatic carbocycles. The lowest BCUT2D eigenvalue weighted by Gasteiger charge is -2.42. The van der Waals surface area contributed by atoms with E-state index in [0.29, 0.717) is 32.5 Å². The number of hydrogen-bond acceptors (Lipinski definition) is 6. The summed E-state index contributed by atoms with van der Waals surface area (Å²) in [6.45, 7) is 14.6. The van der Waals surface area contributed by atoms with Crippen molar-refractivity contribution in [3.63, 3.8) is 0 Å². The van der Waals surface area contributed by atoms with E-state index in [-0.39, 0.29) is 25.1 Å². The van der Waals surface area contributed by atoms with Gasteiger partial charge in [-0.3, -0.25) is 4.79 Å². The molecule has 0 spiro atoms. The summed E-state index contributed by atoms with van der Waals surface area (Å²) in [4.78, 5) is 42.3. The highest BCUT2D eigenvalue weighted by atomic mass is 16.6. The topological polar surface area (TPSA) is 100 Å². The second kappa shape index (κ2) is 14.9. The monoisotopic (exact) mass is 562 g/mol. The number of carbonyl (C=O) groups excluding carboxylic acids is 3. The molecular formula is C32H42N4O5. The van der Waals surface area contributed by atoms with Crippen molar-refractivity contribution < 1.29 is 23.9 Å². The highest BCUT2D eigenvalue weighted by Gasteiger charge is 2.36. The third-order valence-corrected chi connectivity index (χ3v) is 6.49. The van der Waals surface area contributed by atoms with Crippen LogP contribution >= 0.6 is 0 Å². The molecule has 1 fully saturated rings. The number of alkyl carbamates (subject to hydrolysis) is 1. The molecule has 1 aliphatic rings. The van der Waals surface area contributed by atoms with Gasteiger partial charge in [0.25, 0.3) is 0 Å². The third-order valence-electron chi connectivity index (χ3n) is 6.49. The fourth-order valence-corrected chi connectivity index (χ4v) is 4.50. The maximum absolute atomic E-state index is 13.3. The molecule has 1 saturated heterocycles. The molecule has 220 valence electrons. The summed E-state index contributed by atoms with van der Waals surface area (Å²) >= 11 is 0. The molecule has 0 radical (unpaired) electrons. The lowest BCUT2D eigenvalue weighted by molar-refractivity contribution is -0.123. The molecule has 3 rings (SSSR count). The quantitative estimate of drug-likeness (QED) is 0.283. The summed E-state index contributed by atoms with van der Waals surface area (Å²) in [6.07, 6.45) is 3.63. The van der Waals surface area contributed by atoms with Crippen molar-refractivity contribution in [2.75, 3.05) is 31.1 Å². The Morgan fingerprint density at radius 1 is 1.05 bits per heavy atom. The van der Waals surface area contributed by atoms with Crippen LogP contribution < -0.4 is 15.5 Å². The van der Waals surface area contributed by atoms with Crippen LogP contribution in [0.1, 0.15) is 50.8 Å². The van der Waals surface area contributed by atoms with Gasteiger partial charge in [-0.15, -0.1) is 13.2 Å². The zero-order chi connectivity index (χ0) is 29.8. The van der Waals surface area contributed by atoms with Crippen LogP contribution in [0.25, 0.3) is 0 Å². The van der Waals surface area contributed by atoms with Crippen molar-refractivity contribution in [3.05, 3.63) is 91.0 Å². The Balaban J connectivity index is 1.78. The van der Waals surface area contributed by atoms with Crippen molar-refractivity contribution in [2.45, 2.75) is 57.9 Å². The molecule has 2 aromatic rings. The lowest BCUT2D eigenvalue weighted by Crippen LogP contribution is -2.60. The van der Waals surface area contributed by atoms with Gasteiger partial charge in [-0.1, -0.05) is 54.6 Å². The largest absolute Gasteiger partial charge is 0.445 e. The van der Waals surface area contributed by atoms with Crippen LogP contribution in [0.5, 0.6) is 0 Å². The maximum atomic E-state index is 13.3. The Kier molecular flexibility index (Phi) is 11.4. The van der Waals surface area contributed by atoms with Gasteiger partial charge < -0.3 is 29.9 Å². The van der Waals surface area contributed by atoms with Gasteiger partial charge in [0.2, 0.25) is 5.91 Å². The van der Waals surface area contributed by atoms with Gasteiger partial charge in [0.05, 0.1) is 12.6 Å². The van der Waals surface area contributed by atoms with E-state index in [9.17, 15) is 14.4 Å². The fourth-order valence-electron chi connectivity index (χ4n) is 4.50. The van der Waals surface area contributed by atoms with Crippen LogP contribution in [0.15, 0.2) is 79.9 Å². The SMILES string of the molecule is C=CCCNC(=O)C1CN(C(=O)OC(C)(C)C)CCN1c1cccc([C@H](CC=C)NC(=O)OCc2ccccc2)c1.